The van der Waals surface area contributed by atoms with Gasteiger partial charge in [-0.2, -0.15) is 5.10 Å². The van der Waals surface area contributed by atoms with Gasteiger partial charge in [-0.1, -0.05) is 12.1 Å². The van der Waals surface area contributed by atoms with Crippen LogP contribution in [0.5, 0.6) is 0 Å². The lowest BCUT2D eigenvalue weighted by Gasteiger charge is -2.23. The molecule has 2 rings (SSSR count). The number of benzene rings is 1. The van der Waals surface area contributed by atoms with Crippen LogP contribution in [0.4, 0.5) is 5.69 Å². The van der Waals surface area contributed by atoms with Crippen LogP contribution in [-0.4, -0.2) is 38.9 Å². The molecule has 26 heavy (non-hydrogen) atoms. The molecule has 0 saturated heterocycles. The van der Waals surface area contributed by atoms with Crippen molar-refractivity contribution in [1.29, 1.82) is 0 Å². The van der Waals surface area contributed by atoms with Crippen molar-refractivity contribution in [1.82, 2.24) is 20.4 Å². The van der Waals surface area contributed by atoms with Gasteiger partial charge in [-0.15, -0.1) is 0 Å². The minimum absolute atomic E-state index is 0.0512. The lowest BCUT2D eigenvalue weighted by Crippen LogP contribution is -2.44. The van der Waals surface area contributed by atoms with Crippen LogP contribution in [0.3, 0.4) is 0 Å². The summed E-state index contributed by atoms with van der Waals surface area (Å²) in [6, 6.07) is 6.27. The van der Waals surface area contributed by atoms with Crippen LogP contribution in [0.1, 0.15) is 25.0 Å². The summed E-state index contributed by atoms with van der Waals surface area (Å²) in [5, 5.41) is 31.6. The maximum atomic E-state index is 10.7. The van der Waals surface area contributed by atoms with Gasteiger partial charge in [0.1, 0.15) is 5.60 Å². The molecule has 9 heteroatoms. The number of aliphatic hydroxyl groups is 1. The number of nitro benzene ring substituents is 1. The standard InChI is InChI=1S/C17H24N6O3/c1-4-18-16(19-9-13-5-7-15(8-6-13)23(25)26)20-12-17(2,24)14-10-21-22(3)11-14/h5-8,10-11,24H,4,9,12H2,1-3H3,(H2,18,19,20). The Morgan fingerprint density at radius 3 is 2.62 bits per heavy atom. The van der Waals surface area contributed by atoms with Crippen LogP contribution in [-0.2, 0) is 19.2 Å². The molecule has 0 aliphatic rings. The van der Waals surface area contributed by atoms with E-state index in [1.165, 1.54) is 12.1 Å². The van der Waals surface area contributed by atoms with Crippen molar-refractivity contribution in [2.24, 2.45) is 12.0 Å². The third kappa shape index (κ3) is 5.28. The normalized spacial score (nSPS) is 13.9. The van der Waals surface area contributed by atoms with Crippen LogP contribution >= 0.6 is 0 Å². The minimum atomic E-state index is -1.10. The Bertz CT molecular complexity index is 767. The first-order chi connectivity index (χ1) is 12.3. The Labute approximate surface area is 151 Å². The summed E-state index contributed by atoms with van der Waals surface area (Å²) in [5.74, 6) is 0.551. The van der Waals surface area contributed by atoms with E-state index in [1.807, 2.05) is 6.92 Å². The molecular formula is C17H24N6O3. The molecule has 0 spiro atoms. The summed E-state index contributed by atoms with van der Waals surface area (Å²) in [6.07, 6.45) is 3.39. The van der Waals surface area contributed by atoms with Crippen molar-refractivity contribution in [2.45, 2.75) is 26.0 Å². The van der Waals surface area contributed by atoms with Crippen LogP contribution < -0.4 is 10.6 Å². The maximum Gasteiger partial charge on any atom is 0.269 e. The van der Waals surface area contributed by atoms with Gasteiger partial charge in [0.05, 0.1) is 24.2 Å². The Morgan fingerprint density at radius 2 is 2.08 bits per heavy atom. The van der Waals surface area contributed by atoms with E-state index in [1.54, 1.807) is 43.2 Å². The van der Waals surface area contributed by atoms with Crippen LogP contribution in [0.2, 0.25) is 0 Å². The summed E-state index contributed by atoms with van der Waals surface area (Å²) in [4.78, 5) is 14.7. The summed E-state index contributed by atoms with van der Waals surface area (Å²) >= 11 is 0. The number of nitrogens with one attached hydrogen (secondary N) is 2. The average Bonchev–Trinajstić information content (AvgIpc) is 3.05. The Kier molecular flexibility index (Phi) is 6.29. The van der Waals surface area contributed by atoms with Gasteiger partial charge in [0.2, 0.25) is 0 Å². The number of nitro groups is 1. The molecule has 1 heterocycles. The van der Waals surface area contributed by atoms with E-state index in [0.717, 1.165) is 5.56 Å². The lowest BCUT2D eigenvalue weighted by atomic mass is 10.00. The second-order valence-electron chi connectivity index (χ2n) is 6.15. The van der Waals surface area contributed by atoms with Crippen LogP contribution in [0, 0.1) is 10.1 Å². The van der Waals surface area contributed by atoms with Gasteiger partial charge < -0.3 is 15.7 Å². The topological polar surface area (TPSA) is 118 Å². The molecule has 0 radical (unpaired) electrons. The molecule has 0 fully saturated rings. The number of hydrogen-bond acceptors (Lipinski definition) is 5. The van der Waals surface area contributed by atoms with E-state index < -0.39 is 10.5 Å². The van der Waals surface area contributed by atoms with Gasteiger partial charge in [-0.25, -0.2) is 4.99 Å². The van der Waals surface area contributed by atoms with E-state index >= 15 is 0 Å². The molecule has 2 aromatic rings. The molecule has 1 unspecified atom stereocenters. The van der Waals surface area contributed by atoms with Gasteiger partial charge in [0, 0.05) is 37.5 Å². The van der Waals surface area contributed by atoms with Gasteiger partial charge in [0.15, 0.2) is 5.96 Å². The first kappa shape index (κ1) is 19.4. The monoisotopic (exact) mass is 360 g/mol. The number of nitrogens with zero attached hydrogens (tertiary/aromatic N) is 4. The predicted molar refractivity (Wildman–Crippen MR) is 98.7 cm³/mol. The molecule has 3 N–H and O–H groups in total. The molecule has 0 aliphatic heterocycles. The van der Waals surface area contributed by atoms with E-state index in [-0.39, 0.29) is 12.2 Å². The van der Waals surface area contributed by atoms with Gasteiger partial charge in [0.25, 0.3) is 5.69 Å². The van der Waals surface area contributed by atoms with E-state index in [9.17, 15) is 15.2 Å². The molecule has 0 amide bonds. The van der Waals surface area contributed by atoms with Gasteiger partial charge >= 0.3 is 0 Å². The molecule has 0 aliphatic carbocycles. The highest BCUT2D eigenvalue weighted by Gasteiger charge is 2.24. The number of non-ortho nitro benzene ring substituents is 1. The molecule has 0 saturated carbocycles. The Hall–Kier alpha value is -2.94. The van der Waals surface area contributed by atoms with Crippen molar-refractivity contribution >= 4 is 11.6 Å². The maximum absolute atomic E-state index is 10.7. The van der Waals surface area contributed by atoms with E-state index in [0.29, 0.717) is 24.6 Å². The minimum Gasteiger partial charge on any atom is -0.383 e. The van der Waals surface area contributed by atoms with E-state index in [2.05, 4.69) is 20.7 Å². The predicted octanol–water partition coefficient (Wildman–Crippen LogP) is 1.29. The zero-order valence-corrected chi connectivity index (χ0v) is 15.1. The molecule has 1 aromatic carbocycles. The first-order valence-electron chi connectivity index (χ1n) is 8.29. The van der Waals surface area contributed by atoms with Gasteiger partial charge in [-0.05, 0) is 19.4 Å². The molecule has 140 valence electrons. The molecular weight excluding hydrogens is 336 g/mol. The van der Waals surface area contributed by atoms with Gasteiger partial charge in [-0.3, -0.25) is 14.8 Å². The fraction of sp³-hybridized carbons (Fsp3) is 0.412. The third-order valence-electron chi connectivity index (χ3n) is 3.84. The number of aromatic nitrogens is 2. The quantitative estimate of drug-likeness (QED) is 0.296. The second kappa shape index (κ2) is 8.43. The zero-order chi connectivity index (χ0) is 19.2. The molecule has 0 bridgehead atoms. The SMILES string of the molecule is CCNC(=NCc1ccc([N+](=O)[O-])cc1)NCC(C)(O)c1cnn(C)c1. The Balaban J connectivity index is 2.00. The largest absolute Gasteiger partial charge is 0.383 e. The fourth-order valence-electron chi connectivity index (χ4n) is 2.29. The smallest absolute Gasteiger partial charge is 0.269 e. The van der Waals surface area contributed by atoms with E-state index in [4.69, 9.17) is 0 Å². The summed E-state index contributed by atoms with van der Waals surface area (Å²) in [6.45, 7) is 4.94. The third-order valence-corrected chi connectivity index (χ3v) is 3.84. The highest BCUT2D eigenvalue weighted by atomic mass is 16.6. The Morgan fingerprint density at radius 1 is 1.38 bits per heavy atom. The second-order valence-corrected chi connectivity index (χ2v) is 6.15. The highest BCUT2D eigenvalue weighted by Crippen LogP contribution is 2.18. The number of aliphatic imine (C=N–C) groups is 1. The van der Waals surface area contributed by atoms with Crippen molar-refractivity contribution in [3.8, 4) is 0 Å². The van der Waals surface area contributed by atoms with Crippen LogP contribution in [0.15, 0.2) is 41.7 Å². The number of aryl methyl sites for hydroxylation is 1. The van der Waals surface area contributed by atoms with Crippen molar-refractivity contribution < 1.29 is 10.0 Å². The molecule has 1 atom stereocenters. The van der Waals surface area contributed by atoms with Crippen molar-refractivity contribution in [3.05, 3.63) is 57.9 Å². The number of hydrogen-bond donors (Lipinski definition) is 3. The first-order valence-corrected chi connectivity index (χ1v) is 8.29. The lowest BCUT2D eigenvalue weighted by molar-refractivity contribution is -0.384. The number of guanidine groups is 1. The number of rotatable bonds is 7. The summed E-state index contributed by atoms with van der Waals surface area (Å²) in [7, 11) is 1.79. The van der Waals surface area contributed by atoms with Crippen molar-refractivity contribution in [3.63, 3.8) is 0 Å². The molecule has 9 nitrogen and oxygen atoms in total. The highest BCUT2D eigenvalue weighted by molar-refractivity contribution is 5.79. The van der Waals surface area contributed by atoms with Crippen LogP contribution in [0.25, 0.3) is 0 Å². The zero-order valence-electron chi connectivity index (χ0n) is 15.1. The summed E-state index contributed by atoms with van der Waals surface area (Å²) < 4.78 is 1.64. The fourth-order valence-corrected chi connectivity index (χ4v) is 2.29. The molecule has 1 aromatic heterocycles. The summed E-state index contributed by atoms with van der Waals surface area (Å²) in [5.41, 5.74) is 0.512. The van der Waals surface area contributed by atoms with Crippen molar-refractivity contribution in [2.75, 3.05) is 13.1 Å². The average molecular weight is 360 g/mol.